The molecule has 0 bridgehead atoms. The Morgan fingerprint density at radius 2 is 1.76 bits per heavy atom. The molecule has 0 unspecified atom stereocenters. The van der Waals surface area contributed by atoms with E-state index in [9.17, 15) is 14.4 Å². The summed E-state index contributed by atoms with van der Waals surface area (Å²) in [6, 6.07) is 0. The number of aliphatic carboxylic acids is 1. The first-order valence-corrected chi connectivity index (χ1v) is 5.56. The lowest BCUT2D eigenvalue weighted by atomic mass is 9.92. The number of hydrogen-bond acceptors (Lipinski definition) is 3. The number of nitrogens with one attached hydrogen (secondary N) is 1. The van der Waals surface area contributed by atoms with Crippen LogP contribution in [-0.2, 0) is 14.4 Å². The highest BCUT2D eigenvalue weighted by molar-refractivity contribution is 6.02. The van der Waals surface area contributed by atoms with Crippen LogP contribution in [0.4, 0.5) is 0 Å². The Morgan fingerprint density at radius 1 is 1.24 bits per heavy atom. The van der Waals surface area contributed by atoms with E-state index in [1.54, 1.807) is 13.8 Å². The third kappa shape index (κ3) is 4.05. The maximum atomic E-state index is 11.9. The predicted octanol–water partition coefficient (Wildman–Crippen LogP) is 0.0818. The molecule has 0 aliphatic carbocycles. The molecular weight excluding hydrogens is 224 g/mol. The monoisotopic (exact) mass is 244 g/mol. The molecule has 0 saturated carbocycles. The SMILES string of the molecule is CCNC(=O)CN(CC)C(=O)C(C)(C)C(=O)O. The molecule has 0 rings (SSSR count). The molecule has 0 aromatic rings. The number of likely N-dealkylation sites (N-methyl/N-ethyl adjacent to an activating group) is 2. The summed E-state index contributed by atoms with van der Waals surface area (Å²) in [4.78, 5) is 35.5. The van der Waals surface area contributed by atoms with Crippen molar-refractivity contribution in [3.05, 3.63) is 0 Å². The zero-order valence-corrected chi connectivity index (χ0v) is 10.7. The lowest BCUT2D eigenvalue weighted by Gasteiger charge is -2.27. The molecule has 0 radical (unpaired) electrons. The number of carbonyl (C=O) groups excluding carboxylic acids is 2. The van der Waals surface area contributed by atoms with Gasteiger partial charge in [0, 0.05) is 13.1 Å². The molecule has 2 N–H and O–H groups in total. The average molecular weight is 244 g/mol. The van der Waals surface area contributed by atoms with Crippen LogP contribution < -0.4 is 5.32 Å². The number of amides is 2. The minimum absolute atomic E-state index is 0.111. The van der Waals surface area contributed by atoms with Crippen LogP contribution in [0.25, 0.3) is 0 Å². The Kier molecular flexibility index (Phi) is 5.64. The van der Waals surface area contributed by atoms with Gasteiger partial charge in [-0.05, 0) is 27.7 Å². The molecular formula is C11H20N2O4. The lowest BCUT2D eigenvalue weighted by molar-refractivity contribution is -0.159. The second-order valence-corrected chi connectivity index (χ2v) is 4.20. The second kappa shape index (κ2) is 6.22. The van der Waals surface area contributed by atoms with Crippen LogP contribution >= 0.6 is 0 Å². The number of rotatable bonds is 6. The quantitative estimate of drug-likeness (QED) is 0.648. The first-order chi connectivity index (χ1) is 7.77. The fourth-order valence-corrected chi connectivity index (χ4v) is 1.24. The Balaban J connectivity index is 4.73. The van der Waals surface area contributed by atoms with Gasteiger partial charge in [0.1, 0.15) is 5.41 Å². The van der Waals surface area contributed by atoms with Crippen molar-refractivity contribution in [1.29, 1.82) is 0 Å². The molecule has 0 heterocycles. The third-order valence-electron chi connectivity index (χ3n) is 2.45. The average Bonchev–Trinajstić information content (AvgIpc) is 2.25. The van der Waals surface area contributed by atoms with Gasteiger partial charge < -0.3 is 15.3 Å². The van der Waals surface area contributed by atoms with Crippen LogP contribution in [0.3, 0.4) is 0 Å². The van der Waals surface area contributed by atoms with Crippen molar-refractivity contribution < 1.29 is 19.5 Å². The molecule has 0 aromatic heterocycles. The molecule has 2 amide bonds. The highest BCUT2D eigenvalue weighted by atomic mass is 16.4. The summed E-state index contributed by atoms with van der Waals surface area (Å²) < 4.78 is 0. The van der Waals surface area contributed by atoms with Crippen molar-refractivity contribution >= 4 is 17.8 Å². The summed E-state index contributed by atoms with van der Waals surface area (Å²) in [5.74, 6) is -2.04. The molecule has 98 valence electrons. The fourth-order valence-electron chi connectivity index (χ4n) is 1.24. The highest BCUT2D eigenvalue weighted by Crippen LogP contribution is 2.18. The van der Waals surface area contributed by atoms with Gasteiger partial charge in [-0.2, -0.15) is 0 Å². The van der Waals surface area contributed by atoms with E-state index in [4.69, 9.17) is 5.11 Å². The lowest BCUT2D eigenvalue weighted by Crippen LogP contribution is -2.48. The van der Waals surface area contributed by atoms with Gasteiger partial charge in [-0.1, -0.05) is 0 Å². The van der Waals surface area contributed by atoms with Crippen molar-refractivity contribution in [1.82, 2.24) is 10.2 Å². The summed E-state index contributed by atoms with van der Waals surface area (Å²) in [5.41, 5.74) is -1.51. The van der Waals surface area contributed by atoms with E-state index in [0.29, 0.717) is 13.1 Å². The summed E-state index contributed by atoms with van der Waals surface area (Å²) in [6.07, 6.45) is 0. The second-order valence-electron chi connectivity index (χ2n) is 4.20. The van der Waals surface area contributed by atoms with Crippen molar-refractivity contribution in [3.63, 3.8) is 0 Å². The maximum Gasteiger partial charge on any atom is 0.318 e. The van der Waals surface area contributed by atoms with Gasteiger partial charge in [0.15, 0.2) is 0 Å². The molecule has 6 nitrogen and oxygen atoms in total. The van der Waals surface area contributed by atoms with Gasteiger partial charge in [-0.25, -0.2) is 0 Å². The first kappa shape index (κ1) is 15.4. The van der Waals surface area contributed by atoms with Crippen LogP contribution in [0.5, 0.6) is 0 Å². The van der Waals surface area contributed by atoms with Crippen LogP contribution in [-0.4, -0.2) is 47.4 Å². The minimum atomic E-state index is -1.51. The van der Waals surface area contributed by atoms with Crippen LogP contribution in [0.2, 0.25) is 0 Å². The molecule has 0 aliphatic heterocycles. The zero-order valence-electron chi connectivity index (χ0n) is 10.7. The normalized spacial score (nSPS) is 10.8. The number of hydrogen-bond donors (Lipinski definition) is 2. The van der Waals surface area contributed by atoms with Gasteiger partial charge in [-0.3, -0.25) is 14.4 Å². The molecule has 17 heavy (non-hydrogen) atoms. The molecule has 0 saturated heterocycles. The maximum absolute atomic E-state index is 11.9. The summed E-state index contributed by atoms with van der Waals surface area (Å²) in [5, 5.41) is 11.5. The first-order valence-electron chi connectivity index (χ1n) is 5.56. The van der Waals surface area contributed by atoms with Crippen molar-refractivity contribution in [2.24, 2.45) is 5.41 Å². The Labute approximate surface area is 101 Å². The number of carboxylic acid groups (broad SMARTS) is 1. The number of carboxylic acids is 1. The van der Waals surface area contributed by atoms with Crippen LogP contribution in [0, 0.1) is 5.41 Å². The molecule has 6 heteroatoms. The smallest absolute Gasteiger partial charge is 0.318 e. The summed E-state index contributed by atoms with van der Waals surface area (Å²) in [6.45, 7) is 6.81. The number of carbonyl (C=O) groups is 3. The van der Waals surface area contributed by atoms with E-state index in [0.717, 1.165) is 0 Å². The summed E-state index contributed by atoms with van der Waals surface area (Å²) >= 11 is 0. The van der Waals surface area contributed by atoms with Gasteiger partial charge in [0.05, 0.1) is 6.54 Å². The Bertz CT molecular complexity index is 313. The standard InChI is InChI=1S/C11H20N2O4/c1-5-12-8(14)7-13(6-2)9(15)11(3,4)10(16)17/h5-7H2,1-4H3,(H,12,14)(H,16,17). The van der Waals surface area contributed by atoms with E-state index < -0.39 is 17.3 Å². The highest BCUT2D eigenvalue weighted by Gasteiger charge is 2.39. The molecule has 0 fully saturated rings. The van der Waals surface area contributed by atoms with Crippen molar-refractivity contribution in [2.75, 3.05) is 19.6 Å². The topological polar surface area (TPSA) is 86.7 Å². The Morgan fingerprint density at radius 3 is 2.12 bits per heavy atom. The Hall–Kier alpha value is -1.59. The molecule has 0 aromatic carbocycles. The van der Waals surface area contributed by atoms with E-state index in [-0.39, 0.29) is 12.5 Å². The van der Waals surface area contributed by atoms with Gasteiger partial charge >= 0.3 is 5.97 Å². The van der Waals surface area contributed by atoms with E-state index in [2.05, 4.69) is 5.32 Å². The third-order valence-corrected chi connectivity index (χ3v) is 2.45. The van der Waals surface area contributed by atoms with E-state index in [1.165, 1.54) is 18.7 Å². The molecule has 0 aliphatic rings. The van der Waals surface area contributed by atoms with Gasteiger partial charge in [0.25, 0.3) is 0 Å². The minimum Gasteiger partial charge on any atom is -0.480 e. The molecule has 0 spiro atoms. The van der Waals surface area contributed by atoms with Crippen molar-refractivity contribution in [3.8, 4) is 0 Å². The van der Waals surface area contributed by atoms with Crippen LogP contribution in [0.15, 0.2) is 0 Å². The predicted molar refractivity (Wildman–Crippen MR) is 62.4 cm³/mol. The summed E-state index contributed by atoms with van der Waals surface area (Å²) in [7, 11) is 0. The fraction of sp³-hybridized carbons (Fsp3) is 0.727. The number of nitrogens with zero attached hydrogens (tertiary/aromatic N) is 1. The van der Waals surface area contributed by atoms with Crippen LogP contribution in [0.1, 0.15) is 27.7 Å². The van der Waals surface area contributed by atoms with E-state index in [1.807, 2.05) is 0 Å². The largest absolute Gasteiger partial charge is 0.480 e. The van der Waals surface area contributed by atoms with E-state index >= 15 is 0 Å². The molecule has 0 atom stereocenters. The van der Waals surface area contributed by atoms with Gasteiger partial charge in [-0.15, -0.1) is 0 Å². The van der Waals surface area contributed by atoms with Crippen molar-refractivity contribution in [2.45, 2.75) is 27.7 Å². The van der Waals surface area contributed by atoms with Gasteiger partial charge in [0.2, 0.25) is 11.8 Å². The zero-order chi connectivity index (χ0) is 13.6.